The Labute approximate surface area is 126 Å². The number of hydrogen-bond donors (Lipinski definition) is 1. The summed E-state index contributed by atoms with van der Waals surface area (Å²) in [7, 11) is 0. The minimum Gasteiger partial charge on any atom is -0.368 e. The molecule has 2 aliphatic rings. The average Bonchev–Trinajstić information content (AvgIpc) is 2.85. The van der Waals surface area contributed by atoms with Crippen molar-refractivity contribution in [3.05, 3.63) is 35.5 Å². The summed E-state index contributed by atoms with van der Waals surface area (Å²) in [5.74, 6) is 0. The van der Waals surface area contributed by atoms with Crippen LogP contribution in [0, 0.1) is 0 Å². The molecule has 1 aromatic heterocycles. The van der Waals surface area contributed by atoms with Crippen LogP contribution in [0.15, 0.2) is 24.3 Å². The lowest BCUT2D eigenvalue weighted by Crippen LogP contribution is -2.42. The van der Waals surface area contributed by atoms with Crippen molar-refractivity contribution in [2.75, 3.05) is 19.7 Å². The van der Waals surface area contributed by atoms with Crippen molar-refractivity contribution in [3.63, 3.8) is 0 Å². The molecular weight excluding hydrogens is 260 g/mol. The standard InChI is InChI=1S/C18H24N2O/c1-2-19-11-10-18-9-5-12-20-16-7-4-3-6-14(16)15(17(18)20)8-13-21-18/h3-4,6-7,19H,2,5,8-13H2,1H3. The second-order valence-corrected chi connectivity index (χ2v) is 6.30. The topological polar surface area (TPSA) is 26.2 Å². The molecule has 3 heteroatoms. The first-order valence-electron chi connectivity index (χ1n) is 8.31. The molecule has 0 fully saturated rings. The van der Waals surface area contributed by atoms with Crippen LogP contribution in [-0.2, 0) is 23.3 Å². The zero-order valence-electron chi connectivity index (χ0n) is 12.8. The lowest BCUT2D eigenvalue weighted by Gasteiger charge is -2.42. The van der Waals surface area contributed by atoms with Crippen molar-refractivity contribution >= 4 is 10.9 Å². The molecular formula is C18H24N2O. The number of benzene rings is 1. The Balaban J connectivity index is 1.86. The fourth-order valence-electron chi connectivity index (χ4n) is 4.29. The van der Waals surface area contributed by atoms with Crippen LogP contribution in [0.1, 0.15) is 37.4 Å². The normalized spacial score (nSPS) is 24.2. The van der Waals surface area contributed by atoms with E-state index in [2.05, 4.69) is 41.1 Å². The Kier molecular flexibility index (Phi) is 3.27. The predicted molar refractivity (Wildman–Crippen MR) is 85.7 cm³/mol. The number of rotatable bonds is 4. The Morgan fingerprint density at radius 1 is 1.33 bits per heavy atom. The number of nitrogens with one attached hydrogen (secondary N) is 1. The molecule has 1 atom stereocenters. The third kappa shape index (κ3) is 1.95. The van der Waals surface area contributed by atoms with Gasteiger partial charge < -0.3 is 14.6 Å². The van der Waals surface area contributed by atoms with Gasteiger partial charge in [-0.05, 0) is 50.4 Å². The molecule has 112 valence electrons. The highest BCUT2D eigenvalue weighted by Crippen LogP contribution is 2.46. The Morgan fingerprint density at radius 2 is 2.24 bits per heavy atom. The number of hydrogen-bond acceptors (Lipinski definition) is 2. The average molecular weight is 284 g/mol. The SMILES string of the molecule is CCNCCC12CCCn3c1c(c1ccccc13)CCO2. The molecule has 0 bridgehead atoms. The van der Waals surface area contributed by atoms with Gasteiger partial charge in [0.25, 0.3) is 0 Å². The van der Waals surface area contributed by atoms with Gasteiger partial charge in [0.1, 0.15) is 5.60 Å². The van der Waals surface area contributed by atoms with Crippen LogP contribution in [0.2, 0.25) is 0 Å². The van der Waals surface area contributed by atoms with Crippen LogP contribution >= 0.6 is 0 Å². The van der Waals surface area contributed by atoms with Gasteiger partial charge >= 0.3 is 0 Å². The quantitative estimate of drug-likeness (QED) is 0.873. The molecule has 0 amide bonds. The molecule has 1 unspecified atom stereocenters. The summed E-state index contributed by atoms with van der Waals surface area (Å²) in [5, 5.41) is 4.92. The molecule has 4 rings (SSSR count). The molecule has 3 nitrogen and oxygen atoms in total. The van der Waals surface area contributed by atoms with Gasteiger partial charge in [-0.25, -0.2) is 0 Å². The summed E-state index contributed by atoms with van der Waals surface area (Å²) in [6.07, 6.45) is 4.54. The van der Waals surface area contributed by atoms with Gasteiger partial charge in [0, 0.05) is 17.4 Å². The first-order chi connectivity index (χ1) is 10.4. The van der Waals surface area contributed by atoms with Crippen molar-refractivity contribution in [2.45, 2.75) is 44.8 Å². The molecule has 0 radical (unpaired) electrons. The lowest BCUT2D eigenvalue weighted by molar-refractivity contribution is -0.0859. The van der Waals surface area contributed by atoms with E-state index in [1.165, 1.54) is 29.4 Å². The molecule has 2 aromatic rings. The van der Waals surface area contributed by atoms with Crippen LogP contribution in [0.5, 0.6) is 0 Å². The van der Waals surface area contributed by atoms with Crippen molar-refractivity contribution in [2.24, 2.45) is 0 Å². The van der Waals surface area contributed by atoms with E-state index in [4.69, 9.17) is 4.74 Å². The smallest absolute Gasteiger partial charge is 0.110 e. The Hall–Kier alpha value is -1.32. The second kappa shape index (κ2) is 5.15. The fraction of sp³-hybridized carbons (Fsp3) is 0.556. The second-order valence-electron chi connectivity index (χ2n) is 6.30. The zero-order valence-corrected chi connectivity index (χ0v) is 12.8. The molecule has 3 heterocycles. The first kappa shape index (κ1) is 13.4. The third-order valence-corrected chi connectivity index (χ3v) is 5.16. The summed E-state index contributed by atoms with van der Waals surface area (Å²) in [5.41, 5.74) is 4.39. The Bertz CT molecular complexity index is 612. The summed E-state index contributed by atoms with van der Waals surface area (Å²) in [4.78, 5) is 0. The predicted octanol–water partition coefficient (Wildman–Crippen LogP) is 3.20. The van der Waals surface area contributed by atoms with E-state index in [9.17, 15) is 0 Å². The van der Waals surface area contributed by atoms with Gasteiger partial charge in [-0.3, -0.25) is 0 Å². The molecule has 0 spiro atoms. The molecule has 0 saturated carbocycles. The highest BCUT2D eigenvalue weighted by molar-refractivity contribution is 5.86. The number of ether oxygens (including phenoxy) is 1. The third-order valence-electron chi connectivity index (χ3n) is 5.16. The summed E-state index contributed by atoms with van der Waals surface area (Å²) < 4.78 is 8.93. The van der Waals surface area contributed by atoms with Gasteiger partial charge in [-0.2, -0.15) is 0 Å². The minimum atomic E-state index is -0.0486. The lowest BCUT2D eigenvalue weighted by atomic mass is 9.82. The van der Waals surface area contributed by atoms with Crippen molar-refractivity contribution in [1.82, 2.24) is 9.88 Å². The summed E-state index contributed by atoms with van der Waals surface area (Å²) in [6.45, 7) is 6.25. The van der Waals surface area contributed by atoms with E-state index in [-0.39, 0.29) is 5.60 Å². The maximum absolute atomic E-state index is 6.39. The molecule has 0 aliphatic carbocycles. The molecule has 21 heavy (non-hydrogen) atoms. The van der Waals surface area contributed by atoms with E-state index in [0.29, 0.717) is 0 Å². The summed E-state index contributed by atoms with van der Waals surface area (Å²) >= 11 is 0. The highest BCUT2D eigenvalue weighted by Gasteiger charge is 2.43. The monoisotopic (exact) mass is 284 g/mol. The van der Waals surface area contributed by atoms with E-state index < -0.39 is 0 Å². The van der Waals surface area contributed by atoms with Crippen LogP contribution in [0.3, 0.4) is 0 Å². The van der Waals surface area contributed by atoms with Gasteiger partial charge in [0.15, 0.2) is 0 Å². The fourth-order valence-corrected chi connectivity index (χ4v) is 4.29. The van der Waals surface area contributed by atoms with E-state index in [0.717, 1.165) is 39.1 Å². The van der Waals surface area contributed by atoms with Gasteiger partial charge in [-0.15, -0.1) is 0 Å². The van der Waals surface area contributed by atoms with E-state index in [1.54, 1.807) is 5.56 Å². The van der Waals surface area contributed by atoms with Crippen LogP contribution in [0.4, 0.5) is 0 Å². The van der Waals surface area contributed by atoms with Crippen molar-refractivity contribution in [1.29, 1.82) is 0 Å². The van der Waals surface area contributed by atoms with Gasteiger partial charge in [0.2, 0.25) is 0 Å². The van der Waals surface area contributed by atoms with Gasteiger partial charge in [0.05, 0.1) is 12.3 Å². The van der Waals surface area contributed by atoms with Gasteiger partial charge in [-0.1, -0.05) is 25.1 Å². The van der Waals surface area contributed by atoms with Crippen molar-refractivity contribution < 1.29 is 4.74 Å². The van der Waals surface area contributed by atoms with Crippen LogP contribution in [0.25, 0.3) is 10.9 Å². The highest BCUT2D eigenvalue weighted by atomic mass is 16.5. The molecule has 0 saturated heterocycles. The van der Waals surface area contributed by atoms with Crippen LogP contribution in [-0.4, -0.2) is 24.3 Å². The number of fused-ring (bicyclic) bond motifs is 3. The maximum atomic E-state index is 6.39. The maximum Gasteiger partial charge on any atom is 0.110 e. The minimum absolute atomic E-state index is 0.0486. The van der Waals surface area contributed by atoms with E-state index >= 15 is 0 Å². The summed E-state index contributed by atoms with van der Waals surface area (Å²) in [6, 6.07) is 8.89. The number of para-hydroxylation sites is 1. The molecule has 1 N–H and O–H groups in total. The largest absolute Gasteiger partial charge is 0.368 e. The first-order valence-corrected chi connectivity index (χ1v) is 8.31. The number of aromatic nitrogens is 1. The Morgan fingerprint density at radius 3 is 3.14 bits per heavy atom. The number of aryl methyl sites for hydroxylation is 1. The van der Waals surface area contributed by atoms with E-state index in [1.807, 2.05) is 0 Å². The van der Waals surface area contributed by atoms with Crippen LogP contribution < -0.4 is 5.32 Å². The zero-order chi connectivity index (χ0) is 14.3. The molecule has 1 aromatic carbocycles. The molecule has 2 aliphatic heterocycles. The van der Waals surface area contributed by atoms with Crippen molar-refractivity contribution in [3.8, 4) is 0 Å². The number of nitrogens with zero attached hydrogens (tertiary/aromatic N) is 1.